The van der Waals surface area contributed by atoms with Gasteiger partial charge in [0.1, 0.15) is 0 Å². The van der Waals surface area contributed by atoms with E-state index in [1.807, 2.05) is 36.4 Å². The Morgan fingerprint density at radius 1 is 1.14 bits per heavy atom. The number of halogens is 1. The van der Waals surface area contributed by atoms with Gasteiger partial charge in [0.05, 0.1) is 17.0 Å². The summed E-state index contributed by atoms with van der Waals surface area (Å²) >= 11 is 7.69. The van der Waals surface area contributed by atoms with Crippen LogP contribution < -0.4 is 5.73 Å². The summed E-state index contributed by atoms with van der Waals surface area (Å²) in [6, 6.07) is 15.3. The first-order chi connectivity index (χ1) is 10.2. The number of oxazole rings is 1. The van der Waals surface area contributed by atoms with Crippen LogP contribution in [0.4, 0.5) is 5.69 Å². The number of aromatic nitrogens is 1. The molecule has 0 aliphatic heterocycles. The number of nitrogen functional groups attached to an aromatic ring is 1. The van der Waals surface area contributed by atoms with Crippen molar-refractivity contribution < 1.29 is 4.42 Å². The van der Waals surface area contributed by atoms with Gasteiger partial charge in [0.2, 0.25) is 5.89 Å². The van der Waals surface area contributed by atoms with Crippen LogP contribution in [0.1, 0.15) is 5.89 Å². The normalized spacial score (nSPS) is 10.7. The Morgan fingerprint density at radius 2 is 1.95 bits per heavy atom. The summed E-state index contributed by atoms with van der Waals surface area (Å²) in [6.45, 7) is 0. The predicted molar refractivity (Wildman–Crippen MR) is 87.4 cm³/mol. The third kappa shape index (κ3) is 3.40. The fourth-order valence-corrected chi connectivity index (χ4v) is 3.00. The Kier molecular flexibility index (Phi) is 4.18. The van der Waals surface area contributed by atoms with E-state index in [0.29, 0.717) is 22.4 Å². The molecule has 0 atom stereocenters. The van der Waals surface area contributed by atoms with E-state index < -0.39 is 0 Å². The number of nitrogens with zero attached hydrogens (tertiary/aromatic N) is 1. The molecule has 0 fully saturated rings. The van der Waals surface area contributed by atoms with Crippen molar-refractivity contribution >= 4 is 29.1 Å². The van der Waals surface area contributed by atoms with Crippen molar-refractivity contribution in [3.8, 4) is 11.3 Å². The molecule has 2 aromatic carbocycles. The summed E-state index contributed by atoms with van der Waals surface area (Å²) < 4.78 is 5.76. The van der Waals surface area contributed by atoms with Gasteiger partial charge < -0.3 is 10.2 Å². The van der Waals surface area contributed by atoms with Gasteiger partial charge in [-0.25, -0.2) is 4.98 Å². The predicted octanol–water partition coefficient (Wildman–Crippen LogP) is 4.87. The van der Waals surface area contributed by atoms with E-state index in [2.05, 4.69) is 4.98 Å². The maximum atomic E-state index is 6.14. The SMILES string of the molecule is Nc1ccc(Cl)c(SCc2ncc(-c3ccccc3)o2)c1. The Bertz CT molecular complexity index is 743. The average Bonchev–Trinajstić information content (AvgIpc) is 2.98. The fraction of sp³-hybridized carbons (Fsp3) is 0.0625. The van der Waals surface area contributed by atoms with E-state index in [0.717, 1.165) is 16.2 Å². The molecule has 5 heteroatoms. The highest BCUT2D eigenvalue weighted by Gasteiger charge is 2.08. The molecule has 0 amide bonds. The standard InChI is InChI=1S/C16H13ClN2OS/c17-13-7-6-12(18)8-15(13)21-10-16-19-9-14(20-16)11-4-2-1-3-5-11/h1-9H,10,18H2. The van der Waals surface area contributed by atoms with E-state index >= 15 is 0 Å². The Morgan fingerprint density at radius 3 is 2.76 bits per heavy atom. The van der Waals surface area contributed by atoms with Crippen LogP contribution in [0.2, 0.25) is 5.02 Å². The summed E-state index contributed by atoms with van der Waals surface area (Å²) in [5, 5.41) is 0.684. The lowest BCUT2D eigenvalue weighted by Gasteiger charge is -2.03. The molecule has 0 saturated heterocycles. The molecule has 0 saturated carbocycles. The summed E-state index contributed by atoms with van der Waals surface area (Å²) in [7, 11) is 0. The van der Waals surface area contributed by atoms with Crippen molar-refractivity contribution in [2.24, 2.45) is 0 Å². The van der Waals surface area contributed by atoms with Crippen molar-refractivity contribution in [2.75, 3.05) is 5.73 Å². The van der Waals surface area contributed by atoms with Crippen LogP contribution in [-0.4, -0.2) is 4.98 Å². The first-order valence-electron chi connectivity index (χ1n) is 6.40. The van der Waals surface area contributed by atoms with Crippen LogP contribution in [0.15, 0.2) is 64.0 Å². The fourth-order valence-electron chi connectivity index (χ4n) is 1.88. The first kappa shape index (κ1) is 14.0. The highest BCUT2D eigenvalue weighted by Crippen LogP contribution is 2.32. The largest absolute Gasteiger partial charge is 0.440 e. The maximum absolute atomic E-state index is 6.14. The number of thioether (sulfide) groups is 1. The highest BCUT2D eigenvalue weighted by atomic mass is 35.5. The smallest absolute Gasteiger partial charge is 0.205 e. The first-order valence-corrected chi connectivity index (χ1v) is 7.77. The molecule has 3 aromatic rings. The number of hydrogen-bond acceptors (Lipinski definition) is 4. The molecular formula is C16H13ClN2OS. The molecule has 2 N–H and O–H groups in total. The van der Waals surface area contributed by atoms with Gasteiger partial charge in [0, 0.05) is 16.1 Å². The molecule has 106 valence electrons. The molecule has 21 heavy (non-hydrogen) atoms. The number of nitrogens with two attached hydrogens (primary N) is 1. The second-order valence-electron chi connectivity index (χ2n) is 4.46. The van der Waals surface area contributed by atoms with E-state index in [1.54, 1.807) is 30.1 Å². The zero-order valence-corrected chi connectivity index (χ0v) is 12.7. The molecule has 1 aromatic heterocycles. The highest BCUT2D eigenvalue weighted by molar-refractivity contribution is 7.98. The quantitative estimate of drug-likeness (QED) is 0.551. The van der Waals surface area contributed by atoms with Gasteiger partial charge in [-0.1, -0.05) is 41.9 Å². The Balaban J connectivity index is 1.72. The number of rotatable bonds is 4. The van der Waals surface area contributed by atoms with Crippen LogP contribution in [0.5, 0.6) is 0 Å². The zero-order chi connectivity index (χ0) is 14.7. The second kappa shape index (κ2) is 6.24. The molecule has 3 nitrogen and oxygen atoms in total. The maximum Gasteiger partial charge on any atom is 0.205 e. The van der Waals surface area contributed by atoms with Crippen LogP contribution in [0.3, 0.4) is 0 Å². The number of benzene rings is 2. The lowest BCUT2D eigenvalue weighted by Crippen LogP contribution is -1.86. The van der Waals surface area contributed by atoms with Crippen molar-refractivity contribution in [2.45, 2.75) is 10.6 Å². The minimum absolute atomic E-state index is 0.607. The minimum atomic E-state index is 0.607. The summed E-state index contributed by atoms with van der Waals surface area (Å²) in [5.41, 5.74) is 7.48. The number of anilines is 1. The van der Waals surface area contributed by atoms with Gasteiger partial charge in [-0.3, -0.25) is 0 Å². The van der Waals surface area contributed by atoms with Gasteiger partial charge in [-0.2, -0.15) is 0 Å². The lowest BCUT2D eigenvalue weighted by atomic mass is 10.2. The van der Waals surface area contributed by atoms with E-state index in [1.165, 1.54) is 0 Å². The van der Waals surface area contributed by atoms with Gasteiger partial charge in [0.25, 0.3) is 0 Å². The van der Waals surface area contributed by atoms with Crippen LogP contribution in [0, 0.1) is 0 Å². The summed E-state index contributed by atoms with van der Waals surface area (Å²) in [5.74, 6) is 2.04. The molecule has 0 aliphatic rings. The van der Waals surface area contributed by atoms with Crippen molar-refractivity contribution in [3.05, 3.63) is 65.6 Å². The molecular weight excluding hydrogens is 304 g/mol. The van der Waals surface area contributed by atoms with Gasteiger partial charge >= 0.3 is 0 Å². The lowest BCUT2D eigenvalue weighted by molar-refractivity contribution is 0.530. The molecule has 3 rings (SSSR count). The number of hydrogen-bond donors (Lipinski definition) is 1. The topological polar surface area (TPSA) is 52.0 Å². The van der Waals surface area contributed by atoms with Crippen molar-refractivity contribution in [3.63, 3.8) is 0 Å². The van der Waals surface area contributed by atoms with Gasteiger partial charge in [-0.15, -0.1) is 11.8 Å². The Labute approximate surface area is 132 Å². The van der Waals surface area contributed by atoms with E-state index in [4.69, 9.17) is 21.8 Å². The van der Waals surface area contributed by atoms with E-state index in [-0.39, 0.29) is 0 Å². The molecule has 0 spiro atoms. The third-order valence-corrected chi connectivity index (χ3v) is 4.40. The Hall–Kier alpha value is -1.91. The van der Waals surface area contributed by atoms with Crippen LogP contribution >= 0.6 is 23.4 Å². The minimum Gasteiger partial charge on any atom is -0.440 e. The zero-order valence-electron chi connectivity index (χ0n) is 11.1. The van der Waals surface area contributed by atoms with Gasteiger partial charge in [-0.05, 0) is 18.2 Å². The van der Waals surface area contributed by atoms with Crippen LogP contribution in [0.25, 0.3) is 11.3 Å². The van der Waals surface area contributed by atoms with E-state index in [9.17, 15) is 0 Å². The molecule has 0 unspecified atom stereocenters. The third-order valence-electron chi connectivity index (χ3n) is 2.92. The summed E-state index contributed by atoms with van der Waals surface area (Å²) in [6.07, 6.45) is 1.74. The monoisotopic (exact) mass is 316 g/mol. The second-order valence-corrected chi connectivity index (χ2v) is 5.89. The van der Waals surface area contributed by atoms with Crippen molar-refractivity contribution in [1.29, 1.82) is 0 Å². The molecule has 0 radical (unpaired) electrons. The molecule has 0 bridgehead atoms. The summed E-state index contributed by atoms with van der Waals surface area (Å²) in [4.78, 5) is 5.22. The molecule has 1 heterocycles. The van der Waals surface area contributed by atoms with Crippen molar-refractivity contribution in [1.82, 2.24) is 4.98 Å². The molecule has 0 aliphatic carbocycles. The van der Waals surface area contributed by atoms with Gasteiger partial charge in [0.15, 0.2) is 5.76 Å². The average molecular weight is 317 g/mol. The van der Waals surface area contributed by atoms with Crippen LogP contribution in [-0.2, 0) is 5.75 Å².